The van der Waals surface area contributed by atoms with Crippen LogP contribution in [0.2, 0.25) is 5.02 Å². The lowest BCUT2D eigenvalue weighted by atomic mass is 10.1. The summed E-state index contributed by atoms with van der Waals surface area (Å²) in [4.78, 5) is 28.4. The van der Waals surface area contributed by atoms with Crippen LogP contribution in [0.25, 0.3) is 11.3 Å². The van der Waals surface area contributed by atoms with Crippen molar-refractivity contribution >= 4 is 17.5 Å². The summed E-state index contributed by atoms with van der Waals surface area (Å²) < 4.78 is 27.3. The summed E-state index contributed by atoms with van der Waals surface area (Å²) in [5.74, 6) is -1.37. The Labute approximate surface area is 158 Å². The molecule has 1 N–H and O–H groups in total. The van der Waals surface area contributed by atoms with E-state index in [4.69, 9.17) is 11.6 Å². The van der Waals surface area contributed by atoms with E-state index in [0.29, 0.717) is 11.3 Å². The van der Waals surface area contributed by atoms with Crippen LogP contribution in [0.3, 0.4) is 0 Å². The van der Waals surface area contributed by atoms with Crippen LogP contribution in [0, 0.1) is 11.6 Å². The van der Waals surface area contributed by atoms with Gasteiger partial charge in [0.05, 0.1) is 22.6 Å². The molecule has 27 heavy (non-hydrogen) atoms. The van der Waals surface area contributed by atoms with Gasteiger partial charge in [-0.1, -0.05) is 11.6 Å². The van der Waals surface area contributed by atoms with Crippen LogP contribution < -0.4 is 10.9 Å². The summed E-state index contributed by atoms with van der Waals surface area (Å²) >= 11 is 5.84. The van der Waals surface area contributed by atoms with E-state index in [9.17, 15) is 18.4 Å². The van der Waals surface area contributed by atoms with Gasteiger partial charge in [-0.2, -0.15) is 0 Å². The van der Waals surface area contributed by atoms with E-state index >= 15 is 0 Å². The van der Waals surface area contributed by atoms with E-state index < -0.39 is 11.7 Å². The number of hydrogen-bond acceptors (Lipinski definition) is 3. The van der Waals surface area contributed by atoms with Crippen molar-refractivity contribution in [2.24, 2.45) is 0 Å². The summed E-state index contributed by atoms with van der Waals surface area (Å²) in [7, 11) is 0. The third-order valence-electron chi connectivity index (χ3n) is 3.83. The van der Waals surface area contributed by atoms with Crippen LogP contribution in [-0.4, -0.2) is 22.0 Å². The smallest absolute Gasteiger partial charge is 0.253 e. The lowest BCUT2D eigenvalue weighted by Crippen LogP contribution is -2.31. The number of nitrogens with one attached hydrogen (secondary N) is 1. The third-order valence-corrected chi connectivity index (χ3v) is 4.15. The number of carbonyl (C=O) groups excluding carboxylic acids is 1. The van der Waals surface area contributed by atoms with Crippen LogP contribution in [0.5, 0.6) is 0 Å². The topological polar surface area (TPSA) is 64.0 Å². The number of halogens is 3. The molecule has 0 saturated carbocycles. The molecular formula is C19H14ClF2N3O2. The molecule has 0 fully saturated rings. The number of hydrogen-bond donors (Lipinski definition) is 1. The van der Waals surface area contributed by atoms with E-state index in [1.807, 2.05) is 0 Å². The van der Waals surface area contributed by atoms with Gasteiger partial charge in [0.1, 0.15) is 11.6 Å². The largest absolute Gasteiger partial charge is 0.350 e. The molecule has 0 aliphatic heterocycles. The molecule has 0 atom stereocenters. The number of nitrogens with zero attached hydrogens (tertiary/aromatic N) is 2. The zero-order valence-corrected chi connectivity index (χ0v) is 14.7. The Balaban J connectivity index is 1.63. The molecule has 2 aromatic carbocycles. The van der Waals surface area contributed by atoms with E-state index in [0.717, 1.165) is 12.1 Å². The summed E-state index contributed by atoms with van der Waals surface area (Å²) in [6, 6.07) is 10.5. The Morgan fingerprint density at radius 2 is 1.78 bits per heavy atom. The van der Waals surface area contributed by atoms with Gasteiger partial charge in [0.15, 0.2) is 0 Å². The summed E-state index contributed by atoms with van der Waals surface area (Å²) in [6.45, 7) is 0.351. The molecule has 0 spiro atoms. The van der Waals surface area contributed by atoms with Crippen molar-refractivity contribution in [2.75, 3.05) is 6.54 Å². The lowest BCUT2D eigenvalue weighted by Gasteiger charge is -2.09. The van der Waals surface area contributed by atoms with Crippen molar-refractivity contribution in [3.8, 4) is 11.3 Å². The van der Waals surface area contributed by atoms with Crippen molar-refractivity contribution in [3.63, 3.8) is 0 Å². The first-order chi connectivity index (χ1) is 12.9. The standard InChI is InChI=1S/C19H14ClF2N3O2/c20-16-9-14(22)5-6-15(16)19(27)23-7-8-25-11-24-17(10-18(25)26)12-1-3-13(21)4-2-12/h1-6,9-11H,7-8H2,(H,23,27). The van der Waals surface area contributed by atoms with Gasteiger partial charge in [0.2, 0.25) is 0 Å². The SMILES string of the molecule is O=C(NCCn1cnc(-c2ccc(F)cc2)cc1=O)c1ccc(F)cc1Cl. The van der Waals surface area contributed by atoms with Gasteiger partial charge in [-0.05, 0) is 42.5 Å². The Morgan fingerprint density at radius 3 is 2.44 bits per heavy atom. The Hall–Kier alpha value is -3.06. The second kappa shape index (κ2) is 8.09. The number of aromatic nitrogens is 2. The highest BCUT2D eigenvalue weighted by atomic mass is 35.5. The maximum Gasteiger partial charge on any atom is 0.253 e. The fourth-order valence-corrected chi connectivity index (χ4v) is 2.68. The van der Waals surface area contributed by atoms with Crippen LogP contribution >= 0.6 is 11.6 Å². The first-order valence-corrected chi connectivity index (χ1v) is 8.37. The van der Waals surface area contributed by atoms with Crippen molar-refractivity contribution in [1.29, 1.82) is 0 Å². The normalized spacial score (nSPS) is 10.6. The average molecular weight is 390 g/mol. The molecule has 0 aliphatic rings. The second-order valence-electron chi connectivity index (χ2n) is 5.69. The molecule has 0 unspecified atom stereocenters. The minimum atomic E-state index is -0.532. The fraction of sp³-hybridized carbons (Fsp3) is 0.105. The third kappa shape index (κ3) is 4.57. The summed E-state index contributed by atoms with van der Waals surface area (Å²) in [6.07, 6.45) is 1.36. The van der Waals surface area contributed by atoms with Gasteiger partial charge < -0.3 is 5.32 Å². The molecule has 5 nitrogen and oxygen atoms in total. The van der Waals surface area contributed by atoms with Gasteiger partial charge >= 0.3 is 0 Å². The predicted octanol–water partition coefficient (Wildman–Crippen LogP) is 3.27. The van der Waals surface area contributed by atoms with Gasteiger partial charge in [0, 0.05) is 24.7 Å². The monoisotopic (exact) mass is 389 g/mol. The Morgan fingerprint density at radius 1 is 1.07 bits per heavy atom. The second-order valence-corrected chi connectivity index (χ2v) is 6.10. The van der Waals surface area contributed by atoms with E-state index in [1.54, 1.807) is 0 Å². The summed E-state index contributed by atoms with van der Waals surface area (Å²) in [5, 5.41) is 2.62. The lowest BCUT2D eigenvalue weighted by molar-refractivity contribution is 0.0952. The molecule has 3 aromatic rings. The zero-order chi connectivity index (χ0) is 19.4. The van der Waals surface area contributed by atoms with Crippen LogP contribution in [0.15, 0.2) is 59.7 Å². The molecule has 3 rings (SSSR count). The minimum absolute atomic E-state index is 0.00924. The van der Waals surface area contributed by atoms with Crippen molar-refractivity contribution < 1.29 is 13.6 Å². The average Bonchev–Trinajstić information content (AvgIpc) is 2.63. The Kier molecular flexibility index (Phi) is 5.61. The van der Waals surface area contributed by atoms with Gasteiger partial charge in [0.25, 0.3) is 11.5 Å². The van der Waals surface area contributed by atoms with Crippen LogP contribution in [-0.2, 0) is 6.54 Å². The molecule has 1 heterocycles. The molecular weight excluding hydrogens is 376 g/mol. The Bertz CT molecular complexity index is 1040. The highest BCUT2D eigenvalue weighted by molar-refractivity contribution is 6.33. The van der Waals surface area contributed by atoms with Crippen LogP contribution in [0.4, 0.5) is 8.78 Å². The summed E-state index contributed by atoms with van der Waals surface area (Å²) in [5.41, 5.74) is 0.895. The zero-order valence-electron chi connectivity index (χ0n) is 14.0. The number of carbonyl (C=O) groups is 1. The molecule has 8 heteroatoms. The predicted molar refractivity (Wildman–Crippen MR) is 97.6 cm³/mol. The van der Waals surface area contributed by atoms with Crippen molar-refractivity contribution in [1.82, 2.24) is 14.9 Å². The van der Waals surface area contributed by atoms with Crippen molar-refractivity contribution in [3.05, 3.63) is 87.4 Å². The fourth-order valence-electron chi connectivity index (χ4n) is 2.43. The number of benzene rings is 2. The van der Waals surface area contributed by atoms with Gasteiger partial charge in [-0.25, -0.2) is 13.8 Å². The van der Waals surface area contributed by atoms with E-state index in [1.165, 1.54) is 47.3 Å². The molecule has 0 aliphatic carbocycles. The molecule has 1 amide bonds. The van der Waals surface area contributed by atoms with E-state index in [2.05, 4.69) is 10.3 Å². The maximum atomic E-state index is 13.0. The molecule has 1 aromatic heterocycles. The molecule has 0 radical (unpaired) electrons. The molecule has 0 bridgehead atoms. The first kappa shape index (κ1) is 18.7. The van der Waals surface area contributed by atoms with E-state index in [-0.39, 0.29) is 35.1 Å². The first-order valence-electron chi connectivity index (χ1n) is 8.00. The molecule has 0 saturated heterocycles. The van der Waals surface area contributed by atoms with Crippen LogP contribution in [0.1, 0.15) is 10.4 Å². The number of amides is 1. The molecule has 138 valence electrons. The maximum absolute atomic E-state index is 13.0. The van der Waals surface area contributed by atoms with Gasteiger partial charge in [-0.15, -0.1) is 0 Å². The number of rotatable bonds is 5. The van der Waals surface area contributed by atoms with Gasteiger partial charge in [-0.3, -0.25) is 14.2 Å². The minimum Gasteiger partial charge on any atom is -0.350 e. The quantitative estimate of drug-likeness (QED) is 0.728. The highest BCUT2D eigenvalue weighted by Crippen LogP contribution is 2.17. The highest BCUT2D eigenvalue weighted by Gasteiger charge is 2.11. The van der Waals surface area contributed by atoms with Crippen molar-refractivity contribution in [2.45, 2.75) is 6.54 Å².